The lowest BCUT2D eigenvalue weighted by molar-refractivity contribution is 0.634. The molecule has 4 nitrogen and oxygen atoms in total. The van der Waals surface area contributed by atoms with E-state index in [0.29, 0.717) is 5.92 Å². The van der Waals surface area contributed by atoms with Crippen LogP contribution in [0.25, 0.3) is 0 Å². The molecule has 110 valence electrons. The Labute approximate surface area is 126 Å². The quantitative estimate of drug-likeness (QED) is 0.854. The molecule has 1 heterocycles. The summed E-state index contributed by atoms with van der Waals surface area (Å²) >= 11 is 0. The standard InChI is InChI=1S/C17H22N4/c1-3-6-15-16(18-2)20-11-21-17(15)19-10-13-9-12-7-4-5-8-14(12)13/h4-5,7-8,11,13H,3,6,9-10H2,1-2H3,(H2,18,19,20,21). The highest BCUT2D eigenvalue weighted by Crippen LogP contribution is 2.35. The molecular weight excluding hydrogens is 260 g/mol. The van der Waals surface area contributed by atoms with E-state index in [1.165, 1.54) is 16.7 Å². The van der Waals surface area contributed by atoms with Gasteiger partial charge in [-0.2, -0.15) is 0 Å². The van der Waals surface area contributed by atoms with E-state index in [-0.39, 0.29) is 0 Å². The van der Waals surface area contributed by atoms with Crippen LogP contribution in [0.4, 0.5) is 11.6 Å². The van der Waals surface area contributed by atoms with Gasteiger partial charge in [-0.3, -0.25) is 0 Å². The summed E-state index contributed by atoms with van der Waals surface area (Å²) < 4.78 is 0. The summed E-state index contributed by atoms with van der Waals surface area (Å²) in [6.45, 7) is 3.12. The summed E-state index contributed by atoms with van der Waals surface area (Å²) in [4.78, 5) is 8.74. The summed E-state index contributed by atoms with van der Waals surface area (Å²) in [6.07, 6.45) is 4.86. The van der Waals surface area contributed by atoms with E-state index in [9.17, 15) is 0 Å². The normalized spacial score (nSPS) is 16.0. The number of rotatable bonds is 6. The molecule has 2 aromatic rings. The minimum Gasteiger partial charge on any atom is -0.373 e. The largest absolute Gasteiger partial charge is 0.373 e. The average Bonchev–Trinajstić information content (AvgIpc) is 2.49. The van der Waals surface area contributed by atoms with Gasteiger partial charge in [0.15, 0.2) is 0 Å². The number of anilines is 2. The van der Waals surface area contributed by atoms with Crippen LogP contribution in [0.15, 0.2) is 30.6 Å². The van der Waals surface area contributed by atoms with Gasteiger partial charge in [0.25, 0.3) is 0 Å². The fourth-order valence-corrected chi connectivity index (χ4v) is 3.03. The van der Waals surface area contributed by atoms with Crippen LogP contribution in [0.2, 0.25) is 0 Å². The van der Waals surface area contributed by atoms with Crippen molar-refractivity contribution in [2.45, 2.75) is 32.1 Å². The van der Waals surface area contributed by atoms with E-state index >= 15 is 0 Å². The monoisotopic (exact) mass is 282 g/mol. The van der Waals surface area contributed by atoms with E-state index in [1.807, 2.05) is 7.05 Å². The van der Waals surface area contributed by atoms with Crippen LogP contribution in [-0.4, -0.2) is 23.6 Å². The maximum Gasteiger partial charge on any atom is 0.134 e. The number of fused-ring (bicyclic) bond motifs is 1. The zero-order chi connectivity index (χ0) is 14.7. The van der Waals surface area contributed by atoms with E-state index < -0.39 is 0 Å². The maximum atomic E-state index is 4.43. The molecule has 0 fully saturated rings. The van der Waals surface area contributed by atoms with Crippen molar-refractivity contribution >= 4 is 11.6 Å². The molecule has 1 aliphatic carbocycles. The van der Waals surface area contributed by atoms with Gasteiger partial charge in [-0.25, -0.2) is 9.97 Å². The highest BCUT2D eigenvalue weighted by atomic mass is 15.1. The maximum absolute atomic E-state index is 4.43. The van der Waals surface area contributed by atoms with E-state index in [2.05, 4.69) is 51.8 Å². The highest BCUT2D eigenvalue weighted by Gasteiger charge is 2.25. The fraction of sp³-hybridized carbons (Fsp3) is 0.412. The molecule has 0 amide bonds. The number of nitrogens with zero attached hydrogens (tertiary/aromatic N) is 2. The first kappa shape index (κ1) is 13.9. The number of hydrogen-bond acceptors (Lipinski definition) is 4. The third-order valence-electron chi connectivity index (χ3n) is 4.16. The van der Waals surface area contributed by atoms with Crippen LogP contribution < -0.4 is 10.6 Å². The van der Waals surface area contributed by atoms with Crippen molar-refractivity contribution in [2.24, 2.45) is 0 Å². The lowest BCUT2D eigenvalue weighted by atomic mass is 9.77. The van der Waals surface area contributed by atoms with Crippen LogP contribution in [0, 0.1) is 0 Å². The molecule has 1 atom stereocenters. The van der Waals surface area contributed by atoms with Gasteiger partial charge in [0.2, 0.25) is 0 Å². The van der Waals surface area contributed by atoms with Crippen LogP contribution in [-0.2, 0) is 12.8 Å². The Morgan fingerprint density at radius 3 is 2.76 bits per heavy atom. The molecular formula is C17H22N4. The van der Waals surface area contributed by atoms with Gasteiger partial charge >= 0.3 is 0 Å². The zero-order valence-electron chi connectivity index (χ0n) is 12.7. The Morgan fingerprint density at radius 1 is 1.19 bits per heavy atom. The average molecular weight is 282 g/mol. The first-order chi connectivity index (χ1) is 10.3. The lowest BCUT2D eigenvalue weighted by Gasteiger charge is -2.30. The molecule has 2 N–H and O–H groups in total. The second kappa shape index (κ2) is 6.12. The lowest BCUT2D eigenvalue weighted by Crippen LogP contribution is -2.25. The molecule has 1 aromatic carbocycles. The van der Waals surface area contributed by atoms with E-state index in [0.717, 1.165) is 37.4 Å². The summed E-state index contributed by atoms with van der Waals surface area (Å²) in [7, 11) is 1.91. The molecule has 3 rings (SSSR count). The van der Waals surface area contributed by atoms with Crippen molar-refractivity contribution in [3.8, 4) is 0 Å². The topological polar surface area (TPSA) is 49.8 Å². The Kier molecular flexibility index (Phi) is 4.04. The van der Waals surface area contributed by atoms with Crippen LogP contribution in [0.1, 0.15) is 36.0 Å². The minimum absolute atomic E-state index is 0.601. The molecule has 21 heavy (non-hydrogen) atoms. The van der Waals surface area contributed by atoms with Crippen molar-refractivity contribution in [1.82, 2.24) is 9.97 Å². The SMILES string of the molecule is CCCc1c(NC)ncnc1NCC1Cc2ccccc21. The highest BCUT2D eigenvalue weighted by molar-refractivity contribution is 5.57. The van der Waals surface area contributed by atoms with Gasteiger partial charge in [-0.15, -0.1) is 0 Å². The van der Waals surface area contributed by atoms with Gasteiger partial charge in [0.05, 0.1) is 0 Å². The third kappa shape index (κ3) is 2.71. The van der Waals surface area contributed by atoms with Crippen LogP contribution in [0.3, 0.4) is 0 Å². The predicted octanol–water partition coefficient (Wildman–Crippen LogP) is 3.22. The van der Waals surface area contributed by atoms with Gasteiger partial charge < -0.3 is 10.6 Å². The number of aromatic nitrogens is 2. The van der Waals surface area contributed by atoms with E-state index in [4.69, 9.17) is 0 Å². The smallest absolute Gasteiger partial charge is 0.134 e. The molecule has 0 spiro atoms. The molecule has 0 aliphatic heterocycles. The molecule has 4 heteroatoms. The molecule has 0 bridgehead atoms. The number of hydrogen-bond donors (Lipinski definition) is 2. The summed E-state index contributed by atoms with van der Waals surface area (Å²) in [5.74, 6) is 2.51. The first-order valence-electron chi connectivity index (χ1n) is 7.66. The van der Waals surface area contributed by atoms with Crippen molar-refractivity contribution in [2.75, 3.05) is 24.2 Å². The van der Waals surface area contributed by atoms with Crippen LogP contribution >= 0.6 is 0 Å². The van der Waals surface area contributed by atoms with Crippen molar-refractivity contribution in [3.63, 3.8) is 0 Å². The van der Waals surface area contributed by atoms with Crippen molar-refractivity contribution in [1.29, 1.82) is 0 Å². The Bertz CT molecular complexity index is 624. The Balaban J connectivity index is 1.71. The van der Waals surface area contributed by atoms with Gasteiger partial charge in [0.1, 0.15) is 18.0 Å². The van der Waals surface area contributed by atoms with Gasteiger partial charge in [-0.05, 0) is 24.0 Å². The van der Waals surface area contributed by atoms with Crippen LogP contribution in [0.5, 0.6) is 0 Å². The molecule has 1 unspecified atom stereocenters. The third-order valence-corrected chi connectivity index (χ3v) is 4.16. The summed E-state index contributed by atoms with van der Waals surface area (Å²) in [5, 5.41) is 6.69. The van der Waals surface area contributed by atoms with E-state index in [1.54, 1.807) is 6.33 Å². The molecule has 0 radical (unpaired) electrons. The second-order valence-corrected chi connectivity index (χ2v) is 5.53. The molecule has 0 saturated carbocycles. The van der Waals surface area contributed by atoms with Gasteiger partial charge in [-0.1, -0.05) is 37.6 Å². The minimum atomic E-state index is 0.601. The van der Waals surface area contributed by atoms with Crippen molar-refractivity contribution < 1.29 is 0 Å². The van der Waals surface area contributed by atoms with Gasteiger partial charge in [0, 0.05) is 25.1 Å². The molecule has 1 aromatic heterocycles. The first-order valence-corrected chi connectivity index (χ1v) is 7.66. The second-order valence-electron chi connectivity index (χ2n) is 5.53. The van der Waals surface area contributed by atoms with Crippen molar-refractivity contribution in [3.05, 3.63) is 47.3 Å². The number of nitrogens with one attached hydrogen (secondary N) is 2. The Hall–Kier alpha value is -2.10. The predicted molar refractivity (Wildman–Crippen MR) is 87.0 cm³/mol. The molecule has 0 saturated heterocycles. The fourth-order valence-electron chi connectivity index (χ4n) is 3.03. The Morgan fingerprint density at radius 2 is 2.00 bits per heavy atom. The summed E-state index contributed by atoms with van der Waals surface area (Å²) in [6, 6.07) is 8.69. The number of benzene rings is 1. The zero-order valence-corrected chi connectivity index (χ0v) is 12.7. The molecule has 1 aliphatic rings. The summed E-state index contributed by atoms with van der Waals surface area (Å²) in [5.41, 5.74) is 4.15.